The molecule has 6 rings (SSSR count). The first-order chi connectivity index (χ1) is 16.5. The first-order valence-corrected chi connectivity index (χ1v) is 12.4. The van der Waals surface area contributed by atoms with E-state index in [9.17, 15) is 4.79 Å². The second-order valence-electron chi connectivity index (χ2n) is 9.63. The number of benzene rings is 2. The largest absolute Gasteiger partial charge is 0.352 e. The molecule has 0 unspecified atom stereocenters. The van der Waals surface area contributed by atoms with Crippen molar-refractivity contribution < 1.29 is 4.79 Å². The van der Waals surface area contributed by atoms with Crippen LogP contribution >= 0.6 is 11.6 Å². The van der Waals surface area contributed by atoms with Crippen LogP contribution in [0.3, 0.4) is 0 Å². The number of hydrazone groups is 1. The predicted molar refractivity (Wildman–Crippen MR) is 135 cm³/mol. The fourth-order valence-electron chi connectivity index (χ4n) is 6.08. The molecule has 2 atom stereocenters. The van der Waals surface area contributed by atoms with Crippen LogP contribution in [0.5, 0.6) is 0 Å². The van der Waals surface area contributed by atoms with Crippen molar-refractivity contribution >= 4 is 29.0 Å². The first kappa shape index (κ1) is 21.4. The lowest BCUT2D eigenvalue weighted by Gasteiger charge is -2.50. The molecule has 3 aromatic rings. The summed E-state index contributed by atoms with van der Waals surface area (Å²) in [6, 6.07) is 18.0. The number of fused-ring (bicyclic) bond motifs is 4. The molecule has 1 amide bonds. The van der Waals surface area contributed by atoms with E-state index in [1.54, 1.807) is 5.01 Å². The van der Waals surface area contributed by atoms with Crippen LogP contribution in [0, 0.1) is 12.3 Å². The number of amides is 1. The number of aromatic nitrogens is 2. The molecule has 1 fully saturated rings. The molecule has 6 nitrogen and oxygen atoms in total. The zero-order valence-electron chi connectivity index (χ0n) is 19.5. The number of halogens is 1. The molecule has 0 radical (unpaired) electrons. The van der Waals surface area contributed by atoms with Gasteiger partial charge in [-0.3, -0.25) is 4.79 Å². The average Bonchev–Trinajstić information content (AvgIpc) is 3.31. The smallest absolute Gasteiger partial charge is 0.257 e. The van der Waals surface area contributed by atoms with E-state index in [2.05, 4.69) is 28.6 Å². The summed E-state index contributed by atoms with van der Waals surface area (Å²) in [6.07, 6.45) is 3.83. The van der Waals surface area contributed by atoms with Crippen molar-refractivity contribution in [3.05, 3.63) is 76.4 Å². The van der Waals surface area contributed by atoms with Gasteiger partial charge in [-0.15, -0.1) is 0 Å². The molecule has 1 saturated heterocycles. The lowest BCUT2D eigenvalue weighted by Crippen LogP contribution is -2.61. The van der Waals surface area contributed by atoms with E-state index in [0.29, 0.717) is 18.0 Å². The number of carbonyl (C=O) groups excluding carboxylic acids is 1. The summed E-state index contributed by atoms with van der Waals surface area (Å²) >= 11 is 6.42. The number of rotatable bonds is 3. The van der Waals surface area contributed by atoms with Gasteiger partial charge in [-0.05, 0) is 63.3 Å². The minimum atomic E-state index is -0.663. The standard InChI is InChI=1S/C27H28ClN5O/c1-18-22-16-27(19(2)30-32(26(27)34)17-20-10-6-7-13-23(20)28)24-14-8-9-15-31(24)25(22)33(29-18)21-11-4-3-5-12-21/h3-7,10-13,24H,8-9,14-17H2,1-2H3/t24-,27-/m1/s1. The minimum Gasteiger partial charge on any atom is -0.352 e. The van der Waals surface area contributed by atoms with E-state index in [0.717, 1.165) is 59.8 Å². The van der Waals surface area contributed by atoms with Crippen molar-refractivity contribution in [1.82, 2.24) is 14.8 Å². The summed E-state index contributed by atoms with van der Waals surface area (Å²) < 4.78 is 2.07. The number of hydrogen-bond donors (Lipinski definition) is 0. The molecule has 7 heteroatoms. The third kappa shape index (κ3) is 3.04. The van der Waals surface area contributed by atoms with E-state index >= 15 is 0 Å². The van der Waals surface area contributed by atoms with Gasteiger partial charge >= 0.3 is 0 Å². The Morgan fingerprint density at radius 1 is 1.06 bits per heavy atom. The maximum Gasteiger partial charge on any atom is 0.257 e. The van der Waals surface area contributed by atoms with Crippen molar-refractivity contribution in [3.8, 4) is 5.69 Å². The normalized spacial score (nSPS) is 23.8. The molecule has 1 spiro atoms. The molecular weight excluding hydrogens is 446 g/mol. The van der Waals surface area contributed by atoms with Gasteiger partial charge in [0.25, 0.3) is 5.91 Å². The van der Waals surface area contributed by atoms with Gasteiger partial charge in [0.05, 0.1) is 29.7 Å². The number of hydrogen-bond acceptors (Lipinski definition) is 4. The van der Waals surface area contributed by atoms with Gasteiger partial charge in [-0.25, -0.2) is 9.69 Å². The number of nitrogens with zero attached hydrogens (tertiary/aromatic N) is 5. The molecule has 34 heavy (non-hydrogen) atoms. The van der Waals surface area contributed by atoms with Gasteiger partial charge in [0, 0.05) is 17.1 Å². The molecule has 174 valence electrons. The summed E-state index contributed by atoms with van der Waals surface area (Å²) in [4.78, 5) is 16.6. The number of aryl methyl sites for hydroxylation is 1. The lowest BCUT2D eigenvalue weighted by atomic mass is 9.66. The summed E-state index contributed by atoms with van der Waals surface area (Å²) in [5.74, 6) is 1.23. The quantitative estimate of drug-likeness (QED) is 0.528. The maximum absolute atomic E-state index is 14.2. The molecule has 3 aliphatic heterocycles. The predicted octanol–water partition coefficient (Wildman–Crippen LogP) is 5.15. The Hall–Kier alpha value is -3.12. The highest BCUT2D eigenvalue weighted by Crippen LogP contribution is 2.50. The van der Waals surface area contributed by atoms with Crippen molar-refractivity contribution in [3.63, 3.8) is 0 Å². The Kier molecular flexibility index (Phi) is 5.03. The summed E-state index contributed by atoms with van der Waals surface area (Å²) in [6.45, 7) is 5.39. The van der Waals surface area contributed by atoms with Gasteiger partial charge in [0.15, 0.2) is 0 Å². The highest BCUT2D eigenvalue weighted by atomic mass is 35.5. The second-order valence-corrected chi connectivity index (χ2v) is 10.0. The molecule has 3 aliphatic rings. The Labute approximate surface area is 204 Å². The molecule has 4 heterocycles. The Bertz CT molecular complexity index is 1300. The highest BCUT2D eigenvalue weighted by molar-refractivity contribution is 6.31. The molecular formula is C27H28ClN5O. The van der Waals surface area contributed by atoms with Crippen LogP contribution in [-0.4, -0.2) is 39.0 Å². The molecule has 0 N–H and O–H groups in total. The molecule has 0 bridgehead atoms. The highest BCUT2D eigenvalue weighted by Gasteiger charge is 2.60. The zero-order valence-corrected chi connectivity index (χ0v) is 20.3. The fraction of sp³-hybridized carbons (Fsp3) is 0.370. The SMILES string of the molecule is CC1=NN(Cc2ccccc2Cl)C(=O)[C@]12Cc1c(C)nn(-c3ccccc3)c1N1CCCC[C@@H]12. The van der Waals surface area contributed by atoms with Gasteiger partial charge in [-0.1, -0.05) is 48.0 Å². The van der Waals surface area contributed by atoms with Crippen LogP contribution in [0.25, 0.3) is 5.69 Å². The van der Waals surface area contributed by atoms with Gasteiger partial charge in [0.1, 0.15) is 11.2 Å². The van der Waals surface area contributed by atoms with Crippen LogP contribution in [-0.2, 0) is 17.8 Å². The third-order valence-corrected chi connectivity index (χ3v) is 8.14. The topological polar surface area (TPSA) is 53.7 Å². The Morgan fingerprint density at radius 2 is 1.82 bits per heavy atom. The third-order valence-electron chi connectivity index (χ3n) is 7.77. The van der Waals surface area contributed by atoms with Crippen LogP contribution in [0.4, 0.5) is 5.82 Å². The summed E-state index contributed by atoms with van der Waals surface area (Å²) in [5.41, 5.74) is 4.34. The van der Waals surface area contributed by atoms with E-state index in [1.807, 2.05) is 49.4 Å². The van der Waals surface area contributed by atoms with Gasteiger partial charge in [-0.2, -0.15) is 10.2 Å². The van der Waals surface area contributed by atoms with Crippen molar-refractivity contribution in [2.24, 2.45) is 10.5 Å². The molecule has 1 aromatic heterocycles. The lowest BCUT2D eigenvalue weighted by molar-refractivity contribution is -0.138. The first-order valence-electron chi connectivity index (χ1n) is 12.0. The number of para-hydroxylation sites is 1. The molecule has 0 saturated carbocycles. The second kappa shape index (κ2) is 7.98. The number of anilines is 1. The Balaban J connectivity index is 1.44. The molecule has 0 aliphatic carbocycles. The van der Waals surface area contributed by atoms with Gasteiger partial charge in [0.2, 0.25) is 0 Å². The van der Waals surface area contributed by atoms with Crippen LogP contribution in [0.1, 0.15) is 43.0 Å². The van der Waals surface area contributed by atoms with E-state index in [1.165, 1.54) is 0 Å². The van der Waals surface area contributed by atoms with Crippen LogP contribution in [0.2, 0.25) is 5.02 Å². The van der Waals surface area contributed by atoms with Crippen LogP contribution in [0.15, 0.2) is 59.7 Å². The average molecular weight is 474 g/mol. The number of carbonyl (C=O) groups is 1. The monoisotopic (exact) mass is 473 g/mol. The maximum atomic E-state index is 14.2. The van der Waals surface area contributed by atoms with Crippen molar-refractivity contribution in [2.75, 3.05) is 11.4 Å². The Morgan fingerprint density at radius 3 is 2.62 bits per heavy atom. The summed E-state index contributed by atoms with van der Waals surface area (Å²) in [7, 11) is 0. The van der Waals surface area contributed by atoms with E-state index in [-0.39, 0.29) is 11.9 Å². The van der Waals surface area contributed by atoms with Gasteiger partial charge < -0.3 is 4.90 Å². The van der Waals surface area contributed by atoms with Crippen molar-refractivity contribution in [2.45, 2.75) is 52.1 Å². The number of piperidine rings is 1. The van der Waals surface area contributed by atoms with Crippen LogP contribution < -0.4 is 4.90 Å². The molecule has 2 aromatic carbocycles. The zero-order chi connectivity index (χ0) is 23.4. The van der Waals surface area contributed by atoms with E-state index in [4.69, 9.17) is 21.8 Å². The van der Waals surface area contributed by atoms with Crippen molar-refractivity contribution in [1.29, 1.82) is 0 Å². The van der Waals surface area contributed by atoms with E-state index < -0.39 is 5.41 Å². The minimum absolute atomic E-state index is 0.0693. The fourth-order valence-corrected chi connectivity index (χ4v) is 6.27. The summed E-state index contributed by atoms with van der Waals surface area (Å²) in [5, 5.41) is 12.1.